The van der Waals surface area contributed by atoms with Crippen molar-refractivity contribution < 1.29 is 4.79 Å². The molecule has 0 aliphatic carbocycles. The zero-order valence-corrected chi connectivity index (χ0v) is 11.8. The van der Waals surface area contributed by atoms with Crippen LogP contribution in [0.15, 0.2) is 12.2 Å². The van der Waals surface area contributed by atoms with Crippen molar-refractivity contribution in [3.05, 3.63) is 12.2 Å². The van der Waals surface area contributed by atoms with E-state index in [1.165, 1.54) is 63.1 Å². The molecule has 1 aliphatic rings. The molecule has 2 heteroatoms. The van der Waals surface area contributed by atoms with E-state index in [0.29, 0.717) is 5.12 Å². The number of thioether (sulfide) groups is 1. The average Bonchev–Trinajstić information content (AvgIpc) is 2.32. The lowest BCUT2D eigenvalue weighted by Gasteiger charge is -2.03. The quantitative estimate of drug-likeness (QED) is 0.559. The van der Waals surface area contributed by atoms with Gasteiger partial charge in [0.1, 0.15) is 0 Å². The molecular formula is C15H26OS. The Kier molecular flexibility index (Phi) is 9.49. The third-order valence-electron chi connectivity index (χ3n) is 3.22. The lowest BCUT2D eigenvalue weighted by Crippen LogP contribution is -1.93. The molecule has 0 unspecified atom stereocenters. The molecular weight excluding hydrogens is 228 g/mol. The van der Waals surface area contributed by atoms with E-state index in [4.69, 9.17) is 0 Å². The van der Waals surface area contributed by atoms with Crippen molar-refractivity contribution in [3.63, 3.8) is 0 Å². The molecule has 1 aliphatic heterocycles. The molecule has 0 radical (unpaired) electrons. The molecule has 0 saturated carbocycles. The number of carbonyl (C=O) groups is 1. The van der Waals surface area contributed by atoms with E-state index in [-0.39, 0.29) is 0 Å². The first kappa shape index (κ1) is 14.8. The Morgan fingerprint density at radius 1 is 0.765 bits per heavy atom. The normalized spacial score (nSPS) is 24.4. The fraction of sp³-hybridized carbons (Fsp3) is 0.800. The highest BCUT2D eigenvalue weighted by Crippen LogP contribution is 2.15. The van der Waals surface area contributed by atoms with Gasteiger partial charge in [0.05, 0.1) is 0 Å². The van der Waals surface area contributed by atoms with Gasteiger partial charge in [0, 0.05) is 12.2 Å². The lowest BCUT2D eigenvalue weighted by atomic mass is 10.1. The fourth-order valence-electron chi connectivity index (χ4n) is 2.14. The molecule has 1 nitrogen and oxygen atoms in total. The molecule has 98 valence electrons. The minimum atomic E-state index is 0.394. The van der Waals surface area contributed by atoms with Gasteiger partial charge in [-0.25, -0.2) is 0 Å². The second-order valence-corrected chi connectivity index (χ2v) is 6.00. The van der Waals surface area contributed by atoms with Crippen molar-refractivity contribution in [1.82, 2.24) is 0 Å². The largest absolute Gasteiger partial charge is 0.287 e. The van der Waals surface area contributed by atoms with Crippen LogP contribution < -0.4 is 0 Å². The highest BCUT2D eigenvalue weighted by molar-refractivity contribution is 8.13. The predicted molar refractivity (Wildman–Crippen MR) is 77.4 cm³/mol. The number of allylic oxidation sites excluding steroid dienone is 2. The third kappa shape index (κ3) is 9.46. The van der Waals surface area contributed by atoms with Crippen LogP contribution in [0.5, 0.6) is 0 Å². The van der Waals surface area contributed by atoms with E-state index in [1.807, 2.05) is 0 Å². The van der Waals surface area contributed by atoms with Crippen LogP contribution in [0.4, 0.5) is 0 Å². The lowest BCUT2D eigenvalue weighted by molar-refractivity contribution is -0.111. The monoisotopic (exact) mass is 254 g/mol. The van der Waals surface area contributed by atoms with Crippen LogP contribution in [0.25, 0.3) is 0 Å². The summed E-state index contributed by atoms with van der Waals surface area (Å²) in [7, 11) is 0. The summed E-state index contributed by atoms with van der Waals surface area (Å²) < 4.78 is 0. The standard InChI is InChI=1S/C15H26OS/c16-15-13-11-9-7-5-3-1-2-4-6-8-10-12-14-17-15/h8,10H,1-7,9,11-14H2/b10-8-. The Balaban J connectivity index is 2.19. The first-order valence-corrected chi connectivity index (χ1v) is 8.19. The molecule has 0 atom stereocenters. The Bertz CT molecular complexity index is 223. The fourth-order valence-corrected chi connectivity index (χ4v) is 2.91. The van der Waals surface area contributed by atoms with Crippen LogP contribution in [0.3, 0.4) is 0 Å². The SMILES string of the molecule is O=C1CCCCCCCCCC/C=C\CCS1. The van der Waals surface area contributed by atoms with Gasteiger partial charge in [-0.1, -0.05) is 62.4 Å². The van der Waals surface area contributed by atoms with Crippen LogP contribution in [0.2, 0.25) is 0 Å². The molecule has 1 heterocycles. The maximum atomic E-state index is 11.5. The molecule has 0 spiro atoms. The van der Waals surface area contributed by atoms with Crippen LogP contribution in [0, 0.1) is 0 Å². The van der Waals surface area contributed by atoms with E-state index >= 15 is 0 Å². The summed E-state index contributed by atoms with van der Waals surface area (Å²) >= 11 is 1.52. The van der Waals surface area contributed by atoms with E-state index in [1.54, 1.807) is 0 Å². The Morgan fingerprint density at radius 3 is 2.12 bits per heavy atom. The van der Waals surface area contributed by atoms with Gasteiger partial charge in [-0.05, 0) is 25.7 Å². The van der Waals surface area contributed by atoms with E-state index in [9.17, 15) is 4.79 Å². The molecule has 1 rings (SSSR count). The molecule has 17 heavy (non-hydrogen) atoms. The van der Waals surface area contributed by atoms with Crippen molar-refractivity contribution >= 4 is 16.9 Å². The van der Waals surface area contributed by atoms with Crippen LogP contribution in [-0.2, 0) is 4.79 Å². The molecule has 0 N–H and O–H groups in total. The average molecular weight is 254 g/mol. The highest BCUT2D eigenvalue weighted by Gasteiger charge is 2.01. The molecule has 0 aromatic rings. The summed E-state index contributed by atoms with van der Waals surface area (Å²) in [6.45, 7) is 0. The van der Waals surface area contributed by atoms with Gasteiger partial charge in [-0.15, -0.1) is 0 Å². The van der Waals surface area contributed by atoms with E-state index < -0.39 is 0 Å². The van der Waals surface area contributed by atoms with Gasteiger partial charge in [0.25, 0.3) is 0 Å². The molecule has 0 bridgehead atoms. The van der Waals surface area contributed by atoms with Gasteiger partial charge in [0.15, 0.2) is 5.12 Å². The summed E-state index contributed by atoms with van der Waals surface area (Å²) in [4.78, 5) is 11.5. The number of hydrogen-bond acceptors (Lipinski definition) is 2. The van der Waals surface area contributed by atoms with Gasteiger partial charge in [-0.2, -0.15) is 0 Å². The van der Waals surface area contributed by atoms with Crippen LogP contribution in [0.1, 0.15) is 70.6 Å². The van der Waals surface area contributed by atoms with Gasteiger partial charge < -0.3 is 0 Å². The van der Waals surface area contributed by atoms with Crippen molar-refractivity contribution in [2.24, 2.45) is 0 Å². The summed E-state index contributed by atoms with van der Waals surface area (Å²) in [5.41, 5.74) is 0. The molecule has 0 aromatic heterocycles. The second kappa shape index (κ2) is 10.9. The molecule has 0 amide bonds. The highest BCUT2D eigenvalue weighted by atomic mass is 32.2. The van der Waals surface area contributed by atoms with Crippen molar-refractivity contribution in [1.29, 1.82) is 0 Å². The van der Waals surface area contributed by atoms with Gasteiger partial charge in [-0.3, -0.25) is 4.79 Å². The minimum absolute atomic E-state index is 0.394. The summed E-state index contributed by atoms with van der Waals surface area (Å²) in [6, 6.07) is 0. The predicted octanol–water partition coefficient (Wildman–Crippen LogP) is 5.11. The van der Waals surface area contributed by atoms with E-state index in [2.05, 4.69) is 12.2 Å². The minimum Gasteiger partial charge on any atom is -0.287 e. The molecule has 0 fully saturated rings. The van der Waals surface area contributed by atoms with Crippen molar-refractivity contribution in [2.75, 3.05) is 5.75 Å². The zero-order chi connectivity index (χ0) is 12.2. The van der Waals surface area contributed by atoms with Gasteiger partial charge in [0.2, 0.25) is 0 Å². The van der Waals surface area contributed by atoms with Crippen molar-refractivity contribution in [3.8, 4) is 0 Å². The first-order valence-electron chi connectivity index (χ1n) is 7.20. The molecule has 0 aromatic carbocycles. The summed E-state index contributed by atoms with van der Waals surface area (Å²) in [6.07, 6.45) is 18.1. The Labute approximate surface area is 110 Å². The smallest absolute Gasteiger partial charge is 0.188 e. The summed E-state index contributed by atoms with van der Waals surface area (Å²) in [5.74, 6) is 0.968. The van der Waals surface area contributed by atoms with Gasteiger partial charge >= 0.3 is 0 Å². The zero-order valence-electron chi connectivity index (χ0n) is 11.0. The first-order chi connectivity index (χ1) is 8.39. The van der Waals surface area contributed by atoms with Crippen LogP contribution >= 0.6 is 11.8 Å². The Morgan fingerprint density at radius 2 is 1.35 bits per heavy atom. The number of hydrogen-bond donors (Lipinski definition) is 0. The molecule has 0 saturated heterocycles. The summed E-state index contributed by atoms with van der Waals surface area (Å²) in [5, 5.41) is 0.394. The Hall–Kier alpha value is -0.240. The third-order valence-corrected chi connectivity index (χ3v) is 4.18. The van der Waals surface area contributed by atoms with Crippen molar-refractivity contribution in [2.45, 2.75) is 70.6 Å². The number of carbonyl (C=O) groups excluding carboxylic acids is 1. The topological polar surface area (TPSA) is 17.1 Å². The maximum absolute atomic E-state index is 11.5. The van der Waals surface area contributed by atoms with E-state index in [0.717, 1.165) is 25.0 Å². The second-order valence-electron chi connectivity index (χ2n) is 4.85. The maximum Gasteiger partial charge on any atom is 0.188 e. The number of rotatable bonds is 0. The van der Waals surface area contributed by atoms with Crippen LogP contribution in [-0.4, -0.2) is 10.9 Å².